The van der Waals surface area contributed by atoms with Crippen LogP contribution in [0.1, 0.15) is 27.7 Å². The van der Waals surface area contributed by atoms with Gasteiger partial charge in [-0.05, 0) is 21.5 Å². The molecular formula is C26H33I7V2-2. The summed E-state index contributed by atoms with van der Waals surface area (Å²) < 4.78 is 0. The summed E-state index contributed by atoms with van der Waals surface area (Å²) in [7, 11) is 0. The van der Waals surface area contributed by atoms with Gasteiger partial charge in [0.1, 0.15) is 0 Å². The Hall–Kier alpha value is 3.68. The van der Waals surface area contributed by atoms with Crippen molar-refractivity contribution < 1.29 is 9.84 Å². The summed E-state index contributed by atoms with van der Waals surface area (Å²) in [5.41, 5.74) is 0. The molecule has 0 unspecified atom stereocenters. The van der Waals surface area contributed by atoms with E-state index in [1.165, 1.54) is 21.5 Å². The monoisotopic (exact) mass is 1340 g/mol. The van der Waals surface area contributed by atoms with Gasteiger partial charge in [0.15, 0.2) is 0 Å². The van der Waals surface area contributed by atoms with Crippen LogP contribution < -0.4 is 0 Å². The molecule has 0 amide bonds. The van der Waals surface area contributed by atoms with E-state index in [2.05, 4.69) is 222 Å². The van der Waals surface area contributed by atoms with Crippen LogP contribution in [0.3, 0.4) is 0 Å². The Morgan fingerprint density at radius 2 is 0.486 bits per heavy atom. The van der Waals surface area contributed by atoms with Gasteiger partial charge in [0, 0.05) is 0 Å². The van der Waals surface area contributed by atoms with Crippen LogP contribution >= 0.6 is 142 Å². The summed E-state index contributed by atoms with van der Waals surface area (Å²) >= 11 is 16.7. The van der Waals surface area contributed by atoms with Gasteiger partial charge in [0.25, 0.3) is 0 Å². The van der Waals surface area contributed by atoms with E-state index >= 15 is 0 Å². The van der Waals surface area contributed by atoms with Gasteiger partial charge in [0.2, 0.25) is 0 Å². The number of rotatable bonds is 0. The van der Waals surface area contributed by atoms with Crippen molar-refractivity contribution in [2.24, 2.45) is 0 Å². The van der Waals surface area contributed by atoms with Gasteiger partial charge in [-0.25, -0.2) is 0 Å². The first-order chi connectivity index (χ1) is 16.4. The van der Waals surface area contributed by atoms with Crippen LogP contribution in [0.25, 0.3) is 21.5 Å². The fraction of sp³-hybridized carbons (Fsp3) is 0.154. The minimum Gasteiger partial charge on any atom is -0.0616 e. The summed E-state index contributed by atoms with van der Waals surface area (Å²) in [6.45, 7) is 8.00. The number of benzene rings is 4. The van der Waals surface area contributed by atoms with Crippen LogP contribution in [0.4, 0.5) is 0 Å². The molecule has 0 fully saturated rings. The van der Waals surface area contributed by atoms with Crippen molar-refractivity contribution in [1.82, 2.24) is 0 Å². The average Bonchev–Trinajstić information content (AvgIpc) is 2.88. The third-order valence-corrected chi connectivity index (χ3v) is 3.32. The maximum Gasteiger partial charge on any atom is -0.0184 e. The molecule has 0 N–H and O–H groups in total. The Morgan fingerprint density at radius 3 is 0.571 bits per heavy atom. The van der Waals surface area contributed by atoms with Crippen molar-refractivity contribution in [3.63, 3.8) is 0 Å². The van der Waals surface area contributed by atoms with Crippen LogP contribution in [-0.4, -0.2) is 0 Å². The Bertz CT molecular complexity index is 725. The van der Waals surface area contributed by atoms with E-state index in [4.69, 9.17) is 0 Å². The van der Waals surface area contributed by atoms with Crippen LogP contribution in [0, 0.1) is 12.4 Å². The molecule has 0 bridgehead atoms. The zero-order valence-corrected chi connectivity index (χ0v) is 38.4. The Morgan fingerprint density at radius 1 is 0.400 bits per heavy atom. The molecular weight excluding hydrogens is 1300 g/mol. The predicted octanol–water partition coefficient (Wildman–Crippen LogP) is 14.7. The molecule has 0 aromatic heterocycles. The van der Waals surface area contributed by atoms with Gasteiger partial charge in [0.05, 0.1) is 0 Å². The molecule has 0 aliphatic heterocycles. The van der Waals surface area contributed by atoms with E-state index in [0.717, 1.165) is 0 Å². The molecule has 0 nitrogen and oxygen atoms in total. The SMILES string of the molecule is CC.CC.[CH2-]I.[CH3-].[I][V]([I])[I].[I][V]([I])[I].c1ccc2ccccc2c1.c1ccc2ccccc2c1. The van der Waals surface area contributed by atoms with E-state index in [-0.39, 0.29) is 17.3 Å². The third-order valence-electron chi connectivity index (χ3n) is 3.32. The van der Waals surface area contributed by atoms with Gasteiger partial charge < -0.3 is 30.0 Å². The summed E-state index contributed by atoms with van der Waals surface area (Å²) in [6, 6.07) is 33.4. The van der Waals surface area contributed by atoms with E-state index < -0.39 is 0 Å². The molecule has 4 aromatic rings. The molecule has 0 spiro atoms. The van der Waals surface area contributed by atoms with Crippen molar-refractivity contribution in [2.75, 3.05) is 0 Å². The fourth-order valence-corrected chi connectivity index (χ4v) is 2.27. The van der Waals surface area contributed by atoms with E-state index in [1.807, 2.05) is 50.3 Å². The molecule has 0 saturated carbocycles. The summed E-state index contributed by atoms with van der Waals surface area (Å²) in [4.78, 5) is 2.66. The maximum atomic E-state index is 3.22. The first-order valence-corrected chi connectivity index (χ1v) is 38.7. The smallest absolute Gasteiger partial charge is 0.0184 e. The number of halogens is 7. The summed E-state index contributed by atoms with van der Waals surface area (Å²) in [6.07, 6.45) is 0. The van der Waals surface area contributed by atoms with Crippen LogP contribution in [0.2, 0.25) is 0 Å². The molecule has 0 saturated heterocycles. The Labute approximate surface area is 304 Å². The molecule has 0 radical (unpaired) electrons. The summed E-state index contributed by atoms with van der Waals surface area (Å²) in [5, 5.41) is 5.24. The maximum absolute atomic E-state index is 3.22. The molecule has 0 aliphatic carbocycles. The van der Waals surface area contributed by atoms with Crippen LogP contribution in [0.5, 0.6) is 0 Å². The van der Waals surface area contributed by atoms with Crippen molar-refractivity contribution in [1.29, 1.82) is 0 Å². The van der Waals surface area contributed by atoms with E-state index in [1.54, 1.807) is 0 Å². The molecule has 4 rings (SSSR count). The number of fused-ring (bicyclic) bond motifs is 2. The number of hydrogen-bond donors (Lipinski definition) is 0. The molecule has 4 aromatic carbocycles. The standard InChI is InChI=1S/2C10H8.2C2H6.CH2I.CH3.6HI.2V/c2*1-2-6-10-8-4-3-7-9(10)5-1;3*1-2;;;;;;;;;/h2*1-8H;2*1-2H3;1H2;1H3;6*1H;;/q;;;;2*-1;;;;;;;2*+3/p-6. The van der Waals surface area contributed by atoms with Crippen molar-refractivity contribution in [3.8, 4) is 0 Å². The third kappa shape index (κ3) is 30.5. The topological polar surface area (TPSA) is 0 Å². The van der Waals surface area contributed by atoms with Crippen molar-refractivity contribution in [2.45, 2.75) is 27.7 Å². The molecule has 198 valence electrons. The molecule has 9 heteroatoms. The first kappa shape index (κ1) is 45.7. The van der Waals surface area contributed by atoms with E-state index in [9.17, 15) is 0 Å². The van der Waals surface area contributed by atoms with Gasteiger partial charge in [-0.15, -0.1) is 0 Å². The second-order valence-corrected chi connectivity index (χ2v) is 75.8. The van der Waals surface area contributed by atoms with E-state index in [0.29, 0.717) is 0 Å². The van der Waals surface area contributed by atoms with Gasteiger partial charge in [-0.1, -0.05) is 125 Å². The molecule has 35 heavy (non-hydrogen) atoms. The fourth-order valence-electron chi connectivity index (χ4n) is 2.27. The minimum absolute atomic E-state index is 0. The largest absolute Gasteiger partial charge is 0.0616 e. The van der Waals surface area contributed by atoms with Gasteiger partial charge >= 0.3 is 130 Å². The molecule has 0 atom stereocenters. The Kier molecular flexibility index (Phi) is 46.6. The quantitative estimate of drug-likeness (QED) is 0.122. The predicted molar refractivity (Wildman–Crippen MR) is 221 cm³/mol. The zero-order valence-electron chi connectivity index (χ0n) is 20.5. The molecule has 0 heterocycles. The molecule has 0 aliphatic rings. The average molecular weight is 1340 g/mol. The second kappa shape index (κ2) is 35.7. The minimum atomic E-state index is -0.278. The van der Waals surface area contributed by atoms with Crippen LogP contribution in [-0.2, 0) is 9.84 Å². The Balaban J connectivity index is -0.000000180. The van der Waals surface area contributed by atoms with Crippen molar-refractivity contribution in [3.05, 3.63) is 109 Å². The number of hydrogen-bond acceptors (Lipinski definition) is 0. The van der Waals surface area contributed by atoms with Crippen LogP contribution in [0.15, 0.2) is 97.1 Å². The van der Waals surface area contributed by atoms with Gasteiger partial charge in [-0.3, -0.25) is 4.93 Å². The second-order valence-electron chi connectivity index (χ2n) is 5.08. The normalized spacial score (nSPS) is 8.29. The summed E-state index contributed by atoms with van der Waals surface area (Å²) in [5.74, 6) is 0. The van der Waals surface area contributed by atoms with Crippen molar-refractivity contribution >= 4 is 164 Å². The first-order valence-electron chi connectivity index (χ1n) is 10.1. The zero-order chi connectivity index (χ0) is 26.8. The van der Waals surface area contributed by atoms with Gasteiger partial charge in [-0.2, -0.15) is 0 Å².